The van der Waals surface area contributed by atoms with Crippen LogP contribution in [0, 0.1) is 0 Å². The lowest BCUT2D eigenvalue weighted by Crippen LogP contribution is -2.16. The summed E-state index contributed by atoms with van der Waals surface area (Å²) < 4.78 is 0. The highest BCUT2D eigenvalue weighted by Gasteiger charge is 1.95. The van der Waals surface area contributed by atoms with Crippen molar-refractivity contribution in [2.45, 2.75) is 20.8 Å². The predicted molar refractivity (Wildman–Crippen MR) is 45.2 cm³/mol. The maximum absolute atomic E-state index is 10.5. The number of ketones is 1. The van der Waals surface area contributed by atoms with Crippen LogP contribution in [-0.4, -0.2) is 16.5 Å². The van der Waals surface area contributed by atoms with E-state index in [9.17, 15) is 4.79 Å². The average molecular weight is 158 g/mol. The summed E-state index contributed by atoms with van der Waals surface area (Å²) in [6.07, 6.45) is 0. The third kappa shape index (κ3) is 4.14. The van der Waals surface area contributed by atoms with E-state index in [-0.39, 0.29) is 5.78 Å². The monoisotopic (exact) mass is 158 g/mol. The van der Waals surface area contributed by atoms with Crippen LogP contribution in [0.25, 0.3) is 0 Å². The number of nitrogens with one attached hydrogen (secondary N) is 1. The number of Topliss-reactive ketones (excluding diaryl/α,β-unsaturated/α-hetero) is 1. The van der Waals surface area contributed by atoms with E-state index < -0.39 is 0 Å². The number of hydrazone groups is 1. The molecule has 0 saturated carbocycles. The Kier molecular flexibility index (Phi) is 3.79. The van der Waals surface area contributed by atoms with Crippen molar-refractivity contribution < 1.29 is 4.79 Å². The maximum atomic E-state index is 10.5. The van der Waals surface area contributed by atoms with Gasteiger partial charge >= 0.3 is 0 Å². The molecule has 0 radical (unpaired) electrons. The van der Waals surface area contributed by atoms with Gasteiger partial charge in [0.1, 0.15) is 5.71 Å². The standard InChI is InChI=1S/C6H10N2OS/c1-4(5(2)9)7-8-6(3)10/h1-3H3,(H,8,10)/b7-4-. The number of carbonyl (C=O) groups is 1. The zero-order valence-electron chi connectivity index (χ0n) is 6.26. The minimum Gasteiger partial charge on any atom is -0.293 e. The summed E-state index contributed by atoms with van der Waals surface area (Å²) >= 11 is 4.67. The molecule has 3 nitrogen and oxygen atoms in total. The topological polar surface area (TPSA) is 41.5 Å². The number of hydrogen-bond acceptors (Lipinski definition) is 3. The number of carbonyl (C=O) groups excluding carboxylic acids is 1. The van der Waals surface area contributed by atoms with E-state index in [4.69, 9.17) is 0 Å². The van der Waals surface area contributed by atoms with E-state index >= 15 is 0 Å². The Bertz CT molecular complexity index is 186. The van der Waals surface area contributed by atoms with E-state index in [0.29, 0.717) is 10.7 Å². The molecule has 0 aliphatic carbocycles. The van der Waals surface area contributed by atoms with Crippen LogP contribution < -0.4 is 5.43 Å². The molecule has 0 atom stereocenters. The molecule has 0 spiro atoms. The molecule has 56 valence electrons. The lowest BCUT2D eigenvalue weighted by atomic mass is 10.3. The summed E-state index contributed by atoms with van der Waals surface area (Å²) in [5, 5.41) is 3.70. The van der Waals surface area contributed by atoms with Gasteiger partial charge in [-0.2, -0.15) is 5.10 Å². The molecule has 0 aromatic rings. The number of nitrogens with zero attached hydrogens (tertiary/aromatic N) is 1. The lowest BCUT2D eigenvalue weighted by molar-refractivity contribution is -0.111. The summed E-state index contributed by atoms with van der Waals surface area (Å²) in [7, 11) is 0. The van der Waals surface area contributed by atoms with Crippen molar-refractivity contribution >= 4 is 28.7 Å². The molecule has 10 heavy (non-hydrogen) atoms. The van der Waals surface area contributed by atoms with Crippen LogP contribution in [0.2, 0.25) is 0 Å². The van der Waals surface area contributed by atoms with Gasteiger partial charge in [0.15, 0.2) is 5.78 Å². The fraction of sp³-hybridized carbons (Fsp3) is 0.500. The first-order valence-corrected chi connectivity index (χ1v) is 3.26. The van der Waals surface area contributed by atoms with Gasteiger partial charge in [-0.15, -0.1) is 0 Å². The first-order chi connectivity index (χ1) is 4.54. The molecule has 0 bridgehead atoms. The fourth-order valence-electron chi connectivity index (χ4n) is 0.241. The van der Waals surface area contributed by atoms with Crippen LogP contribution >= 0.6 is 12.2 Å². The average Bonchev–Trinajstić information content (AvgIpc) is 1.82. The Morgan fingerprint density at radius 3 is 2.20 bits per heavy atom. The van der Waals surface area contributed by atoms with Crippen molar-refractivity contribution in [2.75, 3.05) is 0 Å². The molecule has 0 heterocycles. The predicted octanol–water partition coefficient (Wildman–Crippen LogP) is 0.888. The third-order valence-corrected chi connectivity index (χ3v) is 0.982. The lowest BCUT2D eigenvalue weighted by Gasteiger charge is -1.95. The smallest absolute Gasteiger partial charge is 0.175 e. The van der Waals surface area contributed by atoms with Crippen LogP contribution in [0.1, 0.15) is 20.8 Å². The molecule has 0 aliphatic heterocycles. The Balaban J connectivity index is 3.92. The number of thiocarbonyl (C=S) groups is 1. The highest BCUT2D eigenvalue weighted by atomic mass is 32.1. The van der Waals surface area contributed by atoms with Gasteiger partial charge in [-0.1, -0.05) is 12.2 Å². The van der Waals surface area contributed by atoms with E-state index in [1.165, 1.54) is 6.92 Å². The second kappa shape index (κ2) is 4.11. The molecule has 4 heteroatoms. The SMILES string of the molecule is CC(=O)/C(C)=N\NC(C)=S. The van der Waals surface area contributed by atoms with Crippen molar-refractivity contribution in [3.05, 3.63) is 0 Å². The van der Waals surface area contributed by atoms with Gasteiger partial charge in [0.2, 0.25) is 0 Å². The van der Waals surface area contributed by atoms with Gasteiger partial charge in [0.25, 0.3) is 0 Å². The molecule has 0 amide bonds. The molecule has 0 aliphatic rings. The molecule has 0 rings (SSSR count). The van der Waals surface area contributed by atoms with Crippen molar-refractivity contribution in [1.29, 1.82) is 0 Å². The highest BCUT2D eigenvalue weighted by Crippen LogP contribution is 1.77. The van der Waals surface area contributed by atoms with Crippen LogP contribution in [0.5, 0.6) is 0 Å². The minimum atomic E-state index is -0.0521. The van der Waals surface area contributed by atoms with Crippen LogP contribution in [0.4, 0.5) is 0 Å². The van der Waals surface area contributed by atoms with Crippen molar-refractivity contribution in [1.82, 2.24) is 5.43 Å². The van der Waals surface area contributed by atoms with E-state index in [0.717, 1.165) is 0 Å². The normalized spacial score (nSPS) is 10.9. The van der Waals surface area contributed by atoms with Gasteiger partial charge in [-0.3, -0.25) is 10.2 Å². The Morgan fingerprint density at radius 1 is 1.40 bits per heavy atom. The Labute approximate surface area is 65.5 Å². The van der Waals surface area contributed by atoms with E-state index in [1.807, 2.05) is 0 Å². The van der Waals surface area contributed by atoms with Crippen LogP contribution in [-0.2, 0) is 4.79 Å². The fourth-order valence-corrected chi connectivity index (χ4v) is 0.287. The molecular weight excluding hydrogens is 148 g/mol. The second-order valence-corrected chi connectivity index (χ2v) is 2.53. The maximum Gasteiger partial charge on any atom is 0.175 e. The van der Waals surface area contributed by atoms with E-state index in [1.54, 1.807) is 13.8 Å². The van der Waals surface area contributed by atoms with Gasteiger partial charge in [-0.05, 0) is 13.8 Å². The zero-order chi connectivity index (χ0) is 8.15. The summed E-state index contributed by atoms with van der Waals surface area (Å²) in [6, 6.07) is 0. The van der Waals surface area contributed by atoms with Crippen molar-refractivity contribution in [2.24, 2.45) is 5.10 Å². The molecular formula is C6H10N2OS. The second-order valence-electron chi connectivity index (χ2n) is 1.92. The van der Waals surface area contributed by atoms with Gasteiger partial charge in [-0.25, -0.2) is 0 Å². The van der Waals surface area contributed by atoms with Crippen LogP contribution in [0.15, 0.2) is 5.10 Å². The molecule has 0 unspecified atom stereocenters. The molecule has 0 aromatic heterocycles. The number of hydrogen-bond donors (Lipinski definition) is 1. The molecule has 1 N–H and O–H groups in total. The minimum absolute atomic E-state index is 0.0521. The van der Waals surface area contributed by atoms with E-state index in [2.05, 4.69) is 22.7 Å². The molecule has 0 aromatic carbocycles. The largest absolute Gasteiger partial charge is 0.293 e. The summed E-state index contributed by atoms with van der Waals surface area (Å²) in [5.41, 5.74) is 2.96. The first-order valence-electron chi connectivity index (χ1n) is 2.86. The van der Waals surface area contributed by atoms with Gasteiger partial charge in [0.05, 0.1) is 4.99 Å². The first kappa shape index (κ1) is 9.23. The van der Waals surface area contributed by atoms with Crippen LogP contribution in [0.3, 0.4) is 0 Å². The highest BCUT2D eigenvalue weighted by molar-refractivity contribution is 7.80. The summed E-state index contributed by atoms with van der Waals surface area (Å²) in [4.78, 5) is 11.1. The van der Waals surface area contributed by atoms with Gasteiger partial charge in [0, 0.05) is 6.92 Å². The van der Waals surface area contributed by atoms with Gasteiger partial charge < -0.3 is 0 Å². The third-order valence-electron chi connectivity index (χ3n) is 0.891. The Morgan fingerprint density at radius 2 is 1.90 bits per heavy atom. The Hall–Kier alpha value is -0.770. The molecule has 0 fully saturated rings. The summed E-state index contributed by atoms with van der Waals surface area (Å²) in [6.45, 7) is 4.79. The van der Waals surface area contributed by atoms with Crippen molar-refractivity contribution in [3.63, 3.8) is 0 Å². The quantitative estimate of drug-likeness (QED) is 0.368. The number of rotatable bonds is 2. The summed E-state index contributed by atoms with van der Waals surface area (Å²) in [5.74, 6) is -0.0521. The van der Waals surface area contributed by atoms with Crippen molar-refractivity contribution in [3.8, 4) is 0 Å². The molecule has 0 saturated heterocycles. The zero-order valence-corrected chi connectivity index (χ0v) is 7.08.